The Kier molecular flexibility index (Phi) is 3.42. The van der Waals surface area contributed by atoms with Crippen LogP contribution in [0.15, 0.2) is 24.5 Å². The summed E-state index contributed by atoms with van der Waals surface area (Å²) in [5.41, 5.74) is 0.182. The number of pyridine rings is 1. The summed E-state index contributed by atoms with van der Waals surface area (Å²) >= 11 is 0. The van der Waals surface area contributed by atoms with Gasteiger partial charge in [-0.1, -0.05) is 20.3 Å². The molecule has 1 aliphatic rings. The minimum atomic E-state index is -0.377. The molecular weight excluding hydrogens is 226 g/mol. The molecule has 0 saturated heterocycles. The molecule has 1 aliphatic carbocycles. The monoisotopic (exact) mass is 247 g/mol. The van der Waals surface area contributed by atoms with Gasteiger partial charge in [0.1, 0.15) is 5.60 Å². The maximum Gasteiger partial charge on any atom is 0.340 e. The Hall–Kier alpha value is -1.38. The number of aromatic nitrogens is 1. The largest absolute Gasteiger partial charge is 0.455 e. The van der Waals surface area contributed by atoms with Crippen LogP contribution in [0.5, 0.6) is 0 Å². The number of rotatable bonds is 2. The van der Waals surface area contributed by atoms with Gasteiger partial charge in [-0.2, -0.15) is 0 Å². The molecule has 2 rings (SSSR count). The molecule has 1 saturated carbocycles. The van der Waals surface area contributed by atoms with E-state index in [0.717, 1.165) is 19.3 Å². The lowest BCUT2D eigenvalue weighted by molar-refractivity contribution is -0.0969. The topological polar surface area (TPSA) is 39.2 Å². The molecule has 1 aromatic rings. The molecule has 98 valence electrons. The van der Waals surface area contributed by atoms with Gasteiger partial charge in [-0.3, -0.25) is 4.98 Å². The van der Waals surface area contributed by atoms with Gasteiger partial charge in [-0.05, 0) is 38.3 Å². The van der Waals surface area contributed by atoms with Gasteiger partial charge in [-0.15, -0.1) is 0 Å². The predicted octanol–water partition coefficient (Wildman–Crippen LogP) is 3.60. The third kappa shape index (κ3) is 2.40. The van der Waals surface area contributed by atoms with Gasteiger partial charge in [0.15, 0.2) is 0 Å². The molecule has 0 aromatic carbocycles. The van der Waals surface area contributed by atoms with Crippen LogP contribution in [0.25, 0.3) is 0 Å². The summed E-state index contributed by atoms with van der Waals surface area (Å²) in [6.07, 6.45) is 7.59. The highest BCUT2D eigenvalue weighted by atomic mass is 16.6. The first-order valence-electron chi connectivity index (χ1n) is 6.58. The summed E-state index contributed by atoms with van der Waals surface area (Å²) in [4.78, 5) is 16.1. The van der Waals surface area contributed by atoms with Crippen molar-refractivity contribution in [2.75, 3.05) is 0 Å². The van der Waals surface area contributed by atoms with Crippen molar-refractivity contribution < 1.29 is 9.53 Å². The first-order valence-corrected chi connectivity index (χ1v) is 6.58. The number of ether oxygens (including phenoxy) is 1. The molecule has 0 aliphatic heterocycles. The molecule has 0 bridgehead atoms. The first-order chi connectivity index (χ1) is 8.45. The minimum Gasteiger partial charge on any atom is -0.455 e. The number of carbonyl (C=O) groups is 1. The standard InChI is InChI=1S/C15H21NO2/c1-14(2)8-4-5-9-15(14,3)18-13(17)12-7-6-10-16-11-12/h6-7,10-11H,4-5,8-9H2,1-3H3. The molecule has 18 heavy (non-hydrogen) atoms. The van der Waals surface area contributed by atoms with Gasteiger partial charge in [0, 0.05) is 17.8 Å². The highest BCUT2D eigenvalue weighted by Gasteiger charge is 2.46. The maximum absolute atomic E-state index is 12.1. The molecule has 1 fully saturated rings. The van der Waals surface area contributed by atoms with E-state index in [2.05, 4.69) is 25.8 Å². The van der Waals surface area contributed by atoms with Crippen LogP contribution in [-0.2, 0) is 4.74 Å². The Morgan fingerprint density at radius 3 is 2.61 bits per heavy atom. The number of hydrogen-bond donors (Lipinski definition) is 0. The Balaban J connectivity index is 2.15. The van der Waals surface area contributed by atoms with E-state index in [1.54, 1.807) is 24.5 Å². The zero-order valence-electron chi connectivity index (χ0n) is 11.4. The van der Waals surface area contributed by atoms with Crippen LogP contribution >= 0.6 is 0 Å². The molecule has 1 unspecified atom stereocenters. The van der Waals surface area contributed by atoms with E-state index < -0.39 is 0 Å². The second-order valence-corrected chi connectivity index (χ2v) is 5.95. The molecule has 0 N–H and O–H groups in total. The van der Waals surface area contributed by atoms with Crippen LogP contribution in [0.2, 0.25) is 0 Å². The van der Waals surface area contributed by atoms with Crippen molar-refractivity contribution in [3.63, 3.8) is 0 Å². The number of hydrogen-bond acceptors (Lipinski definition) is 3. The number of esters is 1. The van der Waals surface area contributed by atoms with Crippen LogP contribution in [0.3, 0.4) is 0 Å². The Bertz CT molecular complexity index is 427. The molecule has 3 nitrogen and oxygen atoms in total. The summed E-state index contributed by atoms with van der Waals surface area (Å²) in [6, 6.07) is 3.50. The van der Waals surface area contributed by atoms with Crippen LogP contribution in [-0.4, -0.2) is 16.6 Å². The van der Waals surface area contributed by atoms with Crippen LogP contribution < -0.4 is 0 Å². The van der Waals surface area contributed by atoms with E-state index in [1.165, 1.54) is 6.42 Å². The fraction of sp³-hybridized carbons (Fsp3) is 0.600. The molecule has 0 amide bonds. The highest BCUT2D eigenvalue weighted by molar-refractivity contribution is 5.89. The number of carbonyl (C=O) groups excluding carboxylic acids is 1. The van der Waals surface area contributed by atoms with Crippen molar-refractivity contribution in [1.82, 2.24) is 4.98 Å². The van der Waals surface area contributed by atoms with E-state index >= 15 is 0 Å². The summed E-state index contributed by atoms with van der Waals surface area (Å²) in [7, 11) is 0. The maximum atomic E-state index is 12.1. The quantitative estimate of drug-likeness (QED) is 0.750. The zero-order chi connectivity index (χ0) is 13.2. The fourth-order valence-corrected chi connectivity index (χ4v) is 2.57. The van der Waals surface area contributed by atoms with E-state index in [0.29, 0.717) is 5.56 Å². The summed E-state index contributed by atoms with van der Waals surface area (Å²) < 4.78 is 5.80. The van der Waals surface area contributed by atoms with Gasteiger partial charge in [0.05, 0.1) is 5.56 Å². The van der Waals surface area contributed by atoms with Crippen LogP contribution in [0.4, 0.5) is 0 Å². The summed E-state index contributed by atoms with van der Waals surface area (Å²) in [5.74, 6) is -0.263. The van der Waals surface area contributed by atoms with Crippen molar-refractivity contribution in [2.24, 2.45) is 5.41 Å². The van der Waals surface area contributed by atoms with Crippen LogP contribution in [0.1, 0.15) is 56.8 Å². The minimum absolute atomic E-state index is 0.0309. The Morgan fingerprint density at radius 2 is 2.00 bits per heavy atom. The van der Waals surface area contributed by atoms with E-state index in [4.69, 9.17) is 4.74 Å². The third-order valence-electron chi connectivity index (χ3n) is 4.35. The van der Waals surface area contributed by atoms with Crippen molar-refractivity contribution in [3.05, 3.63) is 30.1 Å². The number of nitrogens with zero attached hydrogens (tertiary/aromatic N) is 1. The average molecular weight is 247 g/mol. The zero-order valence-corrected chi connectivity index (χ0v) is 11.4. The first kappa shape index (κ1) is 13.1. The van der Waals surface area contributed by atoms with Gasteiger partial charge in [-0.25, -0.2) is 4.79 Å². The Labute approximate surface area is 109 Å². The van der Waals surface area contributed by atoms with Gasteiger partial charge < -0.3 is 4.74 Å². The van der Waals surface area contributed by atoms with Crippen molar-refractivity contribution in [2.45, 2.75) is 52.1 Å². The molecule has 0 radical (unpaired) electrons. The smallest absolute Gasteiger partial charge is 0.340 e. The molecule has 1 heterocycles. The van der Waals surface area contributed by atoms with Gasteiger partial charge >= 0.3 is 5.97 Å². The van der Waals surface area contributed by atoms with Crippen molar-refractivity contribution in [1.29, 1.82) is 0 Å². The van der Waals surface area contributed by atoms with Crippen molar-refractivity contribution >= 4 is 5.97 Å². The average Bonchev–Trinajstić information content (AvgIpc) is 2.34. The van der Waals surface area contributed by atoms with E-state index in [9.17, 15) is 4.79 Å². The summed E-state index contributed by atoms with van der Waals surface area (Å²) in [6.45, 7) is 6.42. The normalized spacial score (nSPS) is 26.6. The molecule has 0 spiro atoms. The third-order valence-corrected chi connectivity index (χ3v) is 4.35. The lowest BCUT2D eigenvalue weighted by Crippen LogP contribution is -2.48. The highest BCUT2D eigenvalue weighted by Crippen LogP contribution is 2.46. The molecular formula is C15H21NO2. The Morgan fingerprint density at radius 1 is 1.28 bits per heavy atom. The molecule has 1 atom stereocenters. The van der Waals surface area contributed by atoms with Crippen LogP contribution in [0, 0.1) is 5.41 Å². The second kappa shape index (κ2) is 4.71. The fourth-order valence-electron chi connectivity index (χ4n) is 2.57. The van der Waals surface area contributed by atoms with Crippen molar-refractivity contribution in [3.8, 4) is 0 Å². The summed E-state index contributed by atoms with van der Waals surface area (Å²) in [5, 5.41) is 0. The predicted molar refractivity (Wildman–Crippen MR) is 70.3 cm³/mol. The lowest BCUT2D eigenvalue weighted by Gasteiger charge is -2.47. The van der Waals surface area contributed by atoms with E-state index in [1.807, 2.05) is 0 Å². The van der Waals surface area contributed by atoms with Gasteiger partial charge in [0.2, 0.25) is 0 Å². The molecule has 3 heteroatoms. The van der Waals surface area contributed by atoms with E-state index in [-0.39, 0.29) is 17.0 Å². The lowest BCUT2D eigenvalue weighted by atomic mass is 9.66. The second-order valence-electron chi connectivity index (χ2n) is 5.95. The van der Waals surface area contributed by atoms with Gasteiger partial charge in [0.25, 0.3) is 0 Å². The SMILES string of the molecule is CC1(C)CCCCC1(C)OC(=O)c1cccnc1. The molecule has 1 aromatic heterocycles.